The predicted octanol–water partition coefficient (Wildman–Crippen LogP) is 2.94. The zero-order valence-corrected chi connectivity index (χ0v) is 20.1. The van der Waals surface area contributed by atoms with Crippen LogP contribution < -0.4 is 0 Å². The Bertz CT molecular complexity index is 1230. The number of ketones is 1. The quantitative estimate of drug-likeness (QED) is 0.473. The Hall–Kier alpha value is -2.65. The van der Waals surface area contributed by atoms with Crippen LogP contribution in [0.5, 0.6) is 0 Å². The van der Waals surface area contributed by atoms with Gasteiger partial charge in [-0.2, -0.15) is 0 Å². The van der Waals surface area contributed by atoms with E-state index in [1.807, 2.05) is 27.7 Å². The van der Waals surface area contributed by atoms with Crippen LogP contribution in [0.15, 0.2) is 34.3 Å². The number of cyclic esters (lactones) is 2. The molecule has 0 unspecified atom stereocenters. The lowest BCUT2D eigenvalue weighted by molar-refractivity contribution is -0.212. The van der Waals surface area contributed by atoms with Crippen LogP contribution in [-0.4, -0.2) is 52.8 Å². The molecule has 1 saturated carbocycles. The third kappa shape index (κ3) is 2.07. The first kappa shape index (κ1) is 21.6. The summed E-state index contributed by atoms with van der Waals surface area (Å²) in [6, 6.07) is 1.76. The Morgan fingerprint density at radius 3 is 2.54 bits per heavy atom. The predicted molar refractivity (Wildman–Crippen MR) is 116 cm³/mol. The van der Waals surface area contributed by atoms with Crippen LogP contribution in [0.2, 0.25) is 0 Å². The van der Waals surface area contributed by atoms with Gasteiger partial charge in [0.1, 0.15) is 18.3 Å². The molecule has 186 valence electrons. The first-order valence-corrected chi connectivity index (χ1v) is 12.2. The largest absolute Gasteiger partial charge is 0.504 e. The van der Waals surface area contributed by atoms with E-state index in [0.717, 1.165) is 0 Å². The smallest absolute Gasteiger partial charge is 0.339 e. The van der Waals surface area contributed by atoms with E-state index < -0.39 is 57.5 Å². The van der Waals surface area contributed by atoms with Crippen LogP contribution >= 0.6 is 0 Å². The van der Waals surface area contributed by atoms with Crippen molar-refractivity contribution in [1.29, 1.82) is 0 Å². The van der Waals surface area contributed by atoms with Gasteiger partial charge in [-0.3, -0.25) is 9.59 Å². The number of hydrogen-bond acceptors (Lipinski definition) is 9. The minimum atomic E-state index is -1.27. The second kappa shape index (κ2) is 6.00. The minimum absolute atomic E-state index is 0.0138. The van der Waals surface area contributed by atoms with Crippen LogP contribution in [-0.2, 0) is 33.3 Å². The van der Waals surface area contributed by atoms with Gasteiger partial charge in [0.2, 0.25) is 5.78 Å². The fraction of sp³-hybridized carbons (Fsp3) is 0.654. The first-order valence-electron chi connectivity index (χ1n) is 12.2. The number of carbonyl (C=O) groups is 3. The highest BCUT2D eigenvalue weighted by Gasteiger charge is 2.90. The number of epoxide rings is 1. The highest BCUT2D eigenvalue weighted by atomic mass is 16.7. The summed E-state index contributed by atoms with van der Waals surface area (Å²) >= 11 is 0. The number of Topliss-reactive ketones (excluding diaryl/α,β-unsaturated/α-hetero) is 1. The number of ether oxygens (including phenoxy) is 4. The maximum atomic E-state index is 14.3. The van der Waals surface area contributed by atoms with Gasteiger partial charge in [0.25, 0.3) is 0 Å². The number of furan rings is 1. The molecule has 8 atom stereocenters. The fourth-order valence-electron chi connectivity index (χ4n) is 8.96. The number of carbonyl (C=O) groups excluding carboxylic acids is 3. The number of aliphatic hydroxyl groups excluding tert-OH is 1. The molecule has 2 spiro atoms. The number of esters is 2. The monoisotopic (exact) mass is 484 g/mol. The maximum Gasteiger partial charge on any atom is 0.339 e. The standard InChI is InChI=1S/C26H28O9/c1-22(2)17-16(28)18(29)24(4)13(25(17)11-32-15(27)9-14(25)34-22)5-7-23(3)19(12-6-8-31-10-12)33-21(30)20-26(23,24)35-20/h6,8,10,13-14,19-20,28H,5,7,9,11H2,1-4H3/t13-,14+,19+,20-,23+,24+,25+,26-/m1/s1. The molecule has 1 aromatic heterocycles. The van der Waals surface area contributed by atoms with Gasteiger partial charge in [0, 0.05) is 16.6 Å². The van der Waals surface area contributed by atoms with Crippen molar-refractivity contribution in [3.8, 4) is 0 Å². The van der Waals surface area contributed by atoms with Crippen LogP contribution in [0.3, 0.4) is 0 Å². The molecule has 5 fully saturated rings. The van der Waals surface area contributed by atoms with Gasteiger partial charge in [-0.05, 0) is 45.6 Å². The summed E-state index contributed by atoms with van der Waals surface area (Å²) in [6.07, 6.45) is 2.15. The number of rotatable bonds is 1. The van der Waals surface area contributed by atoms with Crippen molar-refractivity contribution in [2.45, 2.75) is 76.5 Å². The highest BCUT2D eigenvalue weighted by molar-refractivity contribution is 6.03. The molecule has 1 N–H and O–H groups in total. The van der Waals surface area contributed by atoms with E-state index in [4.69, 9.17) is 23.4 Å². The van der Waals surface area contributed by atoms with E-state index in [9.17, 15) is 19.5 Å². The van der Waals surface area contributed by atoms with Gasteiger partial charge in [0.05, 0.1) is 41.5 Å². The van der Waals surface area contributed by atoms with Gasteiger partial charge in [0.15, 0.2) is 11.9 Å². The Kier molecular flexibility index (Phi) is 3.71. The van der Waals surface area contributed by atoms with Crippen molar-refractivity contribution >= 4 is 17.7 Å². The number of fused-ring (bicyclic) bond motifs is 1. The minimum Gasteiger partial charge on any atom is -0.504 e. The van der Waals surface area contributed by atoms with Crippen LogP contribution in [0.4, 0.5) is 0 Å². The van der Waals surface area contributed by atoms with E-state index in [-0.39, 0.29) is 30.7 Å². The normalized spacial score (nSPS) is 49.2. The molecule has 9 heteroatoms. The van der Waals surface area contributed by atoms with Crippen molar-refractivity contribution in [3.05, 3.63) is 35.5 Å². The van der Waals surface area contributed by atoms with Crippen LogP contribution in [0.25, 0.3) is 0 Å². The van der Waals surface area contributed by atoms with Crippen molar-refractivity contribution in [2.24, 2.45) is 22.2 Å². The lowest BCUT2D eigenvalue weighted by Gasteiger charge is -2.63. The molecule has 2 aliphatic carbocycles. The molecule has 35 heavy (non-hydrogen) atoms. The Labute approximate surface area is 201 Å². The SMILES string of the molecule is CC1(C)O[C@H]2CC(=O)OC[C@@]23C1=C(O)C(=O)[C@]1(C)[C@H]3CC[C@@]2(C)[C@H](c3ccoc3)OC(=O)[C@H]3O[C@]321. The topological polar surface area (TPSA) is 125 Å². The molecule has 9 nitrogen and oxygen atoms in total. The lowest BCUT2D eigenvalue weighted by atomic mass is 9.39. The summed E-state index contributed by atoms with van der Waals surface area (Å²) in [4.78, 5) is 39.7. The van der Waals surface area contributed by atoms with Crippen LogP contribution in [0.1, 0.15) is 58.6 Å². The molecule has 4 saturated heterocycles. The second-order valence-electron chi connectivity index (χ2n) is 11.9. The van der Waals surface area contributed by atoms with E-state index in [1.165, 1.54) is 6.26 Å². The number of hydrogen-bond donors (Lipinski definition) is 1. The molecule has 4 aliphatic heterocycles. The molecule has 1 aromatic rings. The van der Waals surface area contributed by atoms with Crippen molar-refractivity contribution < 1.29 is 42.9 Å². The third-order valence-electron chi connectivity index (χ3n) is 10.2. The molecular formula is C26H28O9. The molecule has 5 heterocycles. The maximum absolute atomic E-state index is 14.3. The zero-order chi connectivity index (χ0) is 24.8. The Morgan fingerprint density at radius 1 is 1.06 bits per heavy atom. The lowest BCUT2D eigenvalue weighted by Crippen LogP contribution is -2.71. The number of allylic oxidation sites excluding steroid dienone is 1. The van der Waals surface area contributed by atoms with Gasteiger partial charge in [-0.15, -0.1) is 0 Å². The number of aliphatic hydroxyl groups is 1. The van der Waals surface area contributed by atoms with E-state index in [2.05, 4.69) is 0 Å². The van der Waals surface area contributed by atoms with Gasteiger partial charge >= 0.3 is 11.9 Å². The van der Waals surface area contributed by atoms with E-state index in [1.54, 1.807) is 12.3 Å². The molecule has 0 amide bonds. The molecule has 0 radical (unpaired) electrons. The molecule has 0 aromatic carbocycles. The molecule has 7 rings (SSSR count). The summed E-state index contributed by atoms with van der Waals surface area (Å²) in [5.74, 6) is -2.07. The van der Waals surface area contributed by atoms with E-state index in [0.29, 0.717) is 24.0 Å². The Balaban J connectivity index is 1.47. The zero-order valence-electron chi connectivity index (χ0n) is 20.1. The third-order valence-corrected chi connectivity index (χ3v) is 10.2. The first-order chi connectivity index (χ1) is 16.4. The van der Waals surface area contributed by atoms with E-state index >= 15 is 0 Å². The summed E-state index contributed by atoms with van der Waals surface area (Å²) in [7, 11) is 0. The molecule has 6 aliphatic rings. The summed E-state index contributed by atoms with van der Waals surface area (Å²) in [6.45, 7) is 7.44. The summed E-state index contributed by atoms with van der Waals surface area (Å²) < 4.78 is 29.4. The fourth-order valence-corrected chi connectivity index (χ4v) is 8.96. The van der Waals surface area contributed by atoms with Gasteiger partial charge in [-0.1, -0.05) is 6.92 Å². The van der Waals surface area contributed by atoms with Crippen LogP contribution in [0, 0.1) is 22.2 Å². The second-order valence-corrected chi connectivity index (χ2v) is 11.9. The Morgan fingerprint density at radius 2 is 1.83 bits per heavy atom. The molecular weight excluding hydrogens is 456 g/mol. The van der Waals surface area contributed by atoms with Crippen molar-refractivity contribution in [2.75, 3.05) is 6.61 Å². The van der Waals surface area contributed by atoms with Crippen molar-refractivity contribution in [3.63, 3.8) is 0 Å². The van der Waals surface area contributed by atoms with Crippen molar-refractivity contribution in [1.82, 2.24) is 0 Å². The van der Waals surface area contributed by atoms with Gasteiger partial charge < -0.3 is 28.5 Å². The average molecular weight is 485 g/mol. The average Bonchev–Trinajstić information content (AvgIpc) is 3.26. The van der Waals surface area contributed by atoms with Gasteiger partial charge in [-0.25, -0.2) is 4.79 Å². The summed E-state index contributed by atoms with van der Waals surface area (Å²) in [5.41, 5.74) is -3.85. The molecule has 0 bridgehead atoms. The highest BCUT2D eigenvalue weighted by Crippen LogP contribution is 2.79. The summed E-state index contributed by atoms with van der Waals surface area (Å²) in [5, 5.41) is 11.5.